The number of hydrogen-bond donors (Lipinski definition) is 1. The molecule has 2 rings (SSSR count). The second-order valence-electron chi connectivity index (χ2n) is 5.23. The number of anilines is 1. The van der Waals surface area contributed by atoms with Crippen molar-refractivity contribution in [2.45, 2.75) is 19.9 Å². The fourth-order valence-corrected chi connectivity index (χ4v) is 2.14. The number of carbonyl (C=O) groups is 2. The van der Waals surface area contributed by atoms with Crippen LogP contribution in [0.3, 0.4) is 0 Å². The Kier molecular flexibility index (Phi) is 5.31. The topological polar surface area (TPSA) is 49.4 Å². The molecule has 0 aliphatic rings. The zero-order valence-electron chi connectivity index (χ0n) is 12.9. The highest BCUT2D eigenvalue weighted by Crippen LogP contribution is 2.12. The van der Waals surface area contributed by atoms with E-state index in [-0.39, 0.29) is 18.2 Å². The molecule has 0 unspecified atom stereocenters. The number of nitrogens with zero attached hydrogens (tertiary/aromatic N) is 1. The minimum absolute atomic E-state index is 0.156. The average molecular weight is 296 g/mol. The molecule has 0 aliphatic carbocycles. The third kappa shape index (κ3) is 4.45. The molecule has 2 aromatic rings. The van der Waals surface area contributed by atoms with Gasteiger partial charge in [0.15, 0.2) is 0 Å². The molecule has 0 radical (unpaired) electrons. The summed E-state index contributed by atoms with van der Waals surface area (Å²) in [4.78, 5) is 25.5. The lowest BCUT2D eigenvalue weighted by molar-refractivity contribution is -0.127. The van der Waals surface area contributed by atoms with Crippen LogP contribution in [0, 0.1) is 6.92 Å². The molecule has 0 saturated heterocycles. The summed E-state index contributed by atoms with van der Waals surface area (Å²) in [6, 6.07) is 17.2. The van der Waals surface area contributed by atoms with Crippen LogP contribution in [0.25, 0.3) is 0 Å². The van der Waals surface area contributed by atoms with E-state index >= 15 is 0 Å². The van der Waals surface area contributed by atoms with Gasteiger partial charge < -0.3 is 10.2 Å². The maximum Gasteiger partial charge on any atom is 0.236 e. The van der Waals surface area contributed by atoms with Gasteiger partial charge >= 0.3 is 0 Å². The van der Waals surface area contributed by atoms with Crippen LogP contribution in [-0.2, 0) is 16.1 Å². The van der Waals surface area contributed by atoms with Crippen molar-refractivity contribution in [1.82, 2.24) is 5.32 Å². The van der Waals surface area contributed by atoms with Crippen molar-refractivity contribution >= 4 is 17.5 Å². The van der Waals surface area contributed by atoms with Crippen molar-refractivity contribution in [1.29, 1.82) is 0 Å². The molecule has 22 heavy (non-hydrogen) atoms. The Balaban J connectivity index is 1.85. The number of nitrogens with one attached hydrogen (secondary N) is 1. The Morgan fingerprint density at radius 3 is 2.45 bits per heavy atom. The quantitative estimate of drug-likeness (QED) is 0.862. The van der Waals surface area contributed by atoms with E-state index in [1.54, 1.807) is 7.05 Å². The number of benzene rings is 2. The molecule has 0 saturated carbocycles. The number of rotatable bonds is 5. The van der Waals surface area contributed by atoms with E-state index in [4.69, 9.17) is 0 Å². The smallest absolute Gasteiger partial charge is 0.236 e. The summed E-state index contributed by atoms with van der Waals surface area (Å²) >= 11 is 0. The second kappa shape index (κ2) is 7.41. The van der Waals surface area contributed by atoms with Crippen LogP contribution >= 0.6 is 0 Å². The molecule has 1 N–H and O–H groups in total. The van der Waals surface area contributed by atoms with E-state index in [1.807, 2.05) is 61.5 Å². The molecule has 2 aromatic carbocycles. The van der Waals surface area contributed by atoms with Crippen LogP contribution in [0.15, 0.2) is 54.6 Å². The molecule has 0 heterocycles. The fourth-order valence-electron chi connectivity index (χ4n) is 2.14. The molecule has 4 heteroatoms. The second-order valence-corrected chi connectivity index (χ2v) is 5.23. The van der Waals surface area contributed by atoms with Gasteiger partial charge in [0.05, 0.1) is 0 Å². The Morgan fingerprint density at radius 2 is 1.77 bits per heavy atom. The first-order valence-corrected chi connectivity index (χ1v) is 7.20. The van der Waals surface area contributed by atoms with Crippen LogP contribution < -0.4 is 10.2 Å². The van der Waals surface area contributed by atoms with Crippen molar-refractivity contribution in [2.24, 2.45) is 0 Å². The van der Waals surface area contributed by atoms with Gasteiger partial charge in [0.2, 0.25) is 11.8 Å². The van der Waals surface area contributed by atoms with E-state index in [0.29, 0.717) is 6.54 Å². The van der Waals surface area contributed by atoms with Gasteiger partial charge in [-0.15, -0.1) is 0 Å². The highest BCUT2D eigenvalue weighted by Gasteiger charge is 2.14. The van der Waals surface area contributed by atoms with Crippen LogP contribution in [-0.4, -0.2) is 18.9 Å². The average Bonchev–Trinajstić information content (AvgIpc) is 2.53. The van der Waals surface area contributed by atoms with Gasteiger partial charge in [-0.3, -0.25) is 9.59 Å². The van der Waals surface area contributed by atoms with Crippen LogP contribution in [0.1, 0.15) is 17.5 Å². The molecule has 0 spiro atoms. The van der Waals surface area contributed by atoms with Crippen molar-refractivity contribution < 1.29 is 9.59 Å². The Morgan fingerprint density at radius 1 is 1.05 bits per heavy atom. The molecule has 0 atom stereocenters. The molecule has 0 aromatic heterocycles. The van der Waals surface area contributed by atoms with E-state index in [9.17, 15) is 9.59 Å². The number of amides is 2. The Labute approximate surface area is 130 Å². The molecular formula is C18H20N2O2. The molecule has 0 aliphatic heterocycles. The molecule has 0 fully saturated rings. The Bertz CT molecular complexity index is 653. The summed E-state index contributed by atoms with van der Waals surface area (Å²) in [7, 11) is 1.67. The van der Waals surface area contributed by atoms with Crippen LogP contribution in [0.4, 0.5) is 5.69 Å². The summed E-state index contributed by atoms with van der Waals surface area (Å²) in [6.45, 7) is 2.44. The van der Waals surface area contributed by atoms with E-state index in [2.05, 4.69) is 5.32 Å². The predicted molar refractivity (Wildman–Crippen MR) is 87.5 cm³/mol. The Hall–Kier alpha value is -2.62. The first-order chi connectivity index (χ1) is 10.6. The minimum atomic E-state index is -0.269. The van der Waals surface area contributed by atoms with Crippen molar-refractivity contribution in [3.63, 3.8) is 0 Å². The normalized spacial score (nSPS) is 10.1. The molecule has 0 bridgehead atoms. The van der Waals surface area contributed by atoms with E-state index in [1.165, 1.54) is 4.90 Å². The third-order valence-electron chi connectivity index (χ3n) is 3.40. The maximum absolute atomic E-state index is 12.1. The van der Waals surface area contributed by atoms with Gasteiger partial charge in [0, 0.05) is 19.3 Å². The zero-order chi connectivity index (χ0) is 15.9. The maximum atomic E-state index is 12.1. The fraction of sp³-hybridized carbons (Fsp3) is 0.222. The van der Waals surface area contributed by atoms with Gasteiger partial charge in [-0.1, -0.05) is 48.0 Å². The number of aryl methyl sites for hydroxylation is 1. The third-order valence-corrected chi connectivity index (χ3v) is 3.40. The summed E-state index contributed by atoms with van der Waals surface area (Å²) in [5, 5.41) is 2.78. The summed E-state index contributed by atoms with van der Waals surface area (Å²) < 4.78 is 0. The van der Waals surface area contributed by atoms with Gasteiger partial charge in [-0.2, -0.15) is 0 Å². The van der Waals surface area contributed by atoms with Crippen molar-refractivity contribution in [3.05, 3.63) is 65.7 Å². The van der Waals surface area contributed by atoms with Gasteiger partial charge in [-0.25, -0.2) is 0 Å². The van der Waals surface area contributed by atoms with Crippen molar-refractivity contribution in [3.8, 4) is 0 Å². The lowest BCUT2D eigenvalue weighted by atomic mass is 10.1. The SMILES string of the molecule is Cc1cccc(CNC(=O)CC(=O)N(C)c2ccccc2)c1. The van der Waals surface area contributed by atoms with Crippen LogP contribution in [0.5, 0.6) is 0 Å². The largest absolute Gasteiger partial charge is 0.352 e. The standard InChI is InChI=1S/C18H20N2O2/c1-14-7-6-8-15(11-14)13-19-17(21)12-18(22)20(2)16-9-4-3-5-10-16/h3-11H,12-13H2,1-2H3,(H,19,21). The predicted octanol–water partition coefficient (Wildman–Crippen LogP) is 2.66. The van der Waals surface area contributed by atoms with Crippen molar-refractivity contribution in [2.75, 3.05) is 11.9 Å². The summed E-state index contributed by atoms with van der Waals surface area (Å²) in [5.74, 6) is -0.498. The summed E-state index contributed by atoms with van der Waals surface area (Å²) in [5.41, 5.74) is 2.95. The lowest BCUT2D eigenvalue weighted by Gasteiger charge is -2.17. The van der Waals surface area contributed by atoms with Gasteiger partial charge in [-0.05, 0) is 24.6 Å². The lowest BCUT2D eigenvalue weighted by Crippen LogP contribution is -2.33. The molecule has 2 amide bonds. The molecular weight excluding hydrogens is 276 g/mol. The van der Waals surface area contributed by atoms with E-state index < -0.39 is 0 Å². The first kappa shape index (κ1) is 15.8. The highest BCUT2D eigenvalue weighted by molar-refractivity contribution is 6.04. The minimum Gasteiger partial charge on any atom is -0.352 e. The monoisotopic (exact) mass is 296 g/mol. The van der Waals surface area contributed by atoms with E-state index in [0.717, 1.165) is 16.8 Å². The van der Waals surface area contributed by atoms with Gasteiger partial charge in [0.25, 0.3) is 0 Å². The molecule has 4 nitrogen and oxygen atoms in total. The summed E-state index contributed by atoms with van der Waals surface area (Å²) in [6.07, 6.45) is -0.156. The van der Waals surface area contributed by atoms with Crippen LogP contribution in [0.2, 0.25) is 0 Å². The number of para-hydroxylation sites is 1. The highest BCUT2D eigenvalue weighted by atomic mass is 16.2. The van der Waals surface area contributed by atoms with Gasteiger partial charge in [0.1, 0.15) is 6.42 Å². The number of carbonyl (C=O) groups excluding carboxylic acids is 2. The zero-order valence-corrected chi connectivity index (χ0v) is 12.9. The molecule has 114 valence electrons. The number of hydrogen-bond acceptors (Lipinski definition) is 2. The first-order valence-electron chi connectivity index (χ1n) is 7.20.